The molecule has 0 saturated carbocycles. The molecule has 0 aliphatic carbocycles. The second kappa shape index (κ2) is 7.78. The van der Waals surface area contributed by atoms with Gasteiger partial charge in [0.2, 0.25) is 5.91 Å². The van der Waals surface area contributed by atoms with E-state index in [9.17, 15) is 4.79 Å². The van der Waals surface area contributed by atoms with Gasteiger partial charge < -0.3 is 5.32 Å². The molecule has 0 fully saturated rings. The fourth-order valence-electron chi connectivity index (χ4n) is 1.94. The topological polar surface area (TPSA) is 72.7 Å². The average Bonchev–Trinajstić information content (AvgIpc) is 3.00. The van der Waals surface area contributed by atoms with E-state index in [-0.39, 0.29) is 11.9 Å². The van der Waals surface area contributed by atoms with Crippen LogP contribution in [0.4, 0.5) is 0 Å². The van der Waals surface area contributed by atoms with Crippen LogP contribution in [0.1, 0.15) is 32.1 Å². The van der Waals surface area contributed by atoms with Crippen LogP contribution in [0, 0.1) is 0 Å². The van der Waals surface area contributed by atoms with E-state index >= 15 is 0 Å². The lowest BCUT2D eigenvalue weighted by atomic mass is 10.2. The predicted molar refractivity (Wildman–Crippen MR) is 81.8 cm³/mol. The Kier molecular flexibility index (Phi) is 5.74. The minimum absolute atomic E-state index is 0.0249. The molecule has 2 aromatic rings. The fraction of sp³-hybridized carbons (Fsp3) is 0.429. The zero-order valence-electron chi connectivity index (χ0n) is 12.2. The number of rotatable bonds is 7. The molecule has 0 saturated heterocycles. The Bertz CT molecular complexity index is 572. The first-order chi connectivity index (χ1) is 10.2. The fourth-order valence-corrected chi connectivity index (χ4v) is 2.62. The van der Waals surface area contributed by atoms with Gasteiger partial charge in [-0.3, -0.25) is 4.79 Å². The maximum atomic E-state index is 12.1. The minimum Gasteiger partial charge on any atom is -0.345 e. The summed E-state index contributed by atoms with van der Waals surface area (Å²) in [6.07, 6.45) is 4.02. The van der Waals surface area contributed by atoms with Crippen molar-refractivity contribution in [3.8, 4) is 0 Å². The lowest BCUT2D eigenvalue weighted by Gasteiger charge is -2.16. The van der Waals surface area contributed by atoms with Gasteiger partial charge in [-0.25, -0.2) is 14.6 Å². The van der Waals surface area contributed by atoms with Crippen molar-refractivity contribution in [1.29, 1.82) is 0 Å². The van der Waals surface area contributed by atoms with E-state index in [4.69, 9.17) is 0 Å². The van der Waals surface area contributed by atoms with Crippen LogP contribution in [0.25, 0.3) is 0 Å². The Morgan fingerprint density at radius 1 is 1.38 bits per heavy atom. The van der Waals surface area contributed by atoms with Crippen molar-refractivity contribution in [2.24, 2.45) is 0 Å². The SMILES string of the molecule is CC[C@@H](NC(=O)CSc1ccccn1)c1ncnn1CC. The molecule has 0 bridgehead atoms. The van der Waals surface area contributed by atoms with E-state index in [1.807, 2.05) is 32.0 Å². The predicted octanol–water partition coefficient (Wildman–Crippen LogP) is 2.05. The van der Waals surface area contributed by atoms with Crippen molar-refractivity contribution < 1.29 is 4.79 Å². The second-order valence-electron chi connectivity index (χ2n) is 4.42. The summed E-state index contributed by atoms with van der Waals surface area (Å²) in [4.78, 5) is 20.5. The van der Waals surface area contributed by atoms with Crippen LogP contribution in [0.2, 0.25) is 0 Å². The highest BCUT2D eigenvalue weighted by Crippen LogP contribution is 2.16. The summed E-state index contributed by atoms with van der Waals surface area (Å²) >= 11 is 1.42. The first kappa shape index (κ1) is 15.5. The molecule has 0 aliphatic rings. The Morgan fingerprint density at radius 2 is 2.24 bits per heavy atom. The smallest absolute Gasteiger partial charge is 0.231 e. The van der Waals surface area contributed by atoms with Gasteiger partial charge >= 0.3 is 0 Å². The first-order valence-electron chi connectivity index (χ1n) is 6.95. The van der Waals surface area contributed by atoms with Gasteiger partial charge in [0, 0.05) is 12.7 Å². The van der Waals surface area contributed by atoms with Crippen molar-refractivity contribution in [3.05, 3.63) is 36.5 Å². The van der Waals surface area contributed by atoms with Crippen molar-refractivity contribution in [3.63, 3.8) is 0 Å². The maximum Gasteiger partial charge on any atom is 0.231 e. The largest absolute Gasteiger partial charge is 0.345 e. The average molecular weight is 305 g/mol. The monoisotopic (exact) mass is 305 g/mol. The number of hydrogen-bond acceptors (Lipinski definition) is 5. The molecule has 2 rings (SSSR count). The Morgan fingerprint density at radius 3 is 2.90 bits per heavy atom. The normalized spacial score (nSPS) is 12.1. The summed E-state index contributed by atoms with van der Waals surface area (Å²) < 4.78 is 1.81. The lowest BCUT2D eigenvalue weighted by Crippen LogP contribution is -2.31. The number of nitrogens with zero attached hydrogens (tertiary/aromatic N) is 4. The van der Waals surface area contributed by atoms with E-state index in [2.05, 4.69) is 20.4 Å². The van der Waals surface area contributed by atoms with Crippen LogP contribution in [-0.2, 0) is 11.3 Å². The molecular weight excluding hydrogens is 286 g/mol. The highest BCUT2D eigenvalue weighted by molar-refractivity contribution is 7.99. The Hall–Kier alpha value is -1.89. The number of nitrogens with one attached hydrogen (secondary N) is 1. The molecular formula is C14H19N5OS. The Labute approximate surface area is 128 Å². The van der Waals surface area contributed by atoms with Crippen molar-refractivity contribution in [2.75, 3.05) is 5.75 Å². The third-order valence-corrected chi connectivity index (χ3v) is 3.93. The molecule has 112 valence electrons. The number of aryl methyl sites for hydroxylation is 1. The van der Waals surface area contributed by atoms with Gasteiger partial charge in [-0.15, -0.1) is 0 Å². The zero-order chi connectivity index (χ0) is 15.1. The number of hydrogen-bond donors (Lipinski definition) is 1. The summed E-state index contributed by atoms with van der Waals surface area (Å²) in [6.45, 7) is 4.76. The number of pyridine rings is 1. The summed E-state index contributed by atoms with van der Waals surface area (Å²) in [5, 5.41) is 7.99. The van der Waals surface area contributed by atoms with E-state index in [1.165, 1.54) is 18.1 Å². The van der Waals surface area contributed by atoms with Gasteiger partial charge in [0.15, 0.2) is 0 Å². The van der Waals surface area contributed by atoms with Crippen LogP contribution in [-0.4, -0.2) is 31.4 Å². The van der Waals surface area contributed by atoms with Gasteiger partial charge in [-0.1, -0.05) is 24.8 Å². The molecule has 0 aliphatic heterocycles. The molecule has 1 amide bonds. The van der Waals surface area contributed by atoms with E-state index in [1.54, 1.807) is 10.9 Å². The molecule has 2 aromatic heterocycles. The van der Waals surface area contributed by atoms with Gasteiger partial charge in [0.25, 0.3) is 0 Å². The molecule has 0 radical (unpaired) electrons. The molecule has 6 nitrogen and oxygen atoms in total. The molecule has 0 aromatic carbocycles. The molecule has 0 spiro atoms. The zero-order valence-corrected chi connectivity index (χ0v) is 13.0. The third kappa shape index (κ3) is 4.29. The summed E-state index contributed by atoms with van der Waals surface area (Å²) in [7, 11) is 0. The number of aromatic nitrogens is 4. The second-order valence-corrected chi connectivity index (χ2v) is 5.41. The summed E-state index contributed by atoms with van der Waals surface area (Å²) in [6, 6.07) is 5.55. The molecule has 2 heterocycles. The molecule has 1 N–H and O–H groups in total. The first-order valence-corrected chi connectivity index (χ1v) is 7.94. The summed E-state index contributed by atoms with van der Waals surface area (Å²) in [5.41, 5.74) is 0. The number of carbonyl (C=O) groups is 1. The summed E-state index contributed by atoms with van der Waals surface area (Å²) in [5.74, 6) is 1.12. The van der Waals surface area contributed by atoms with E-state index < -0.39 is 0 Å². The van der Waals surface area contributed by atoms with E-state index in [0.717, 1.165) is 23.8 Å². The van der Waals surface area contributed by atoms with Gasteiger partial charge in [-0.2, -0.15) is 5.10 Å². The molecule has 7 heteroatoms. The van der Waals surface area contributed by atoms with Crippen molar-refractivity contribution in [2.45, 2.75) is 37.9 Å². The highest BCUT2D eigenvalue weighted by Gasteiger charge is 2.18. The number of amides is 1. The van der Waals surface area contributed by atoms with Crippen LogP contribution in [0.15, 0.2) is 35.7 Å². The van der Waals surface area contributed by atoms with Crippen molar-refractivity contribution in [1.82, 2.24) is 25.1 Å². The third-order valence-electron chi connectivity index (χ3n) is 2.99. The molecule has 1 atom stereocenters. The minimum atomic E-state index is -0.107. The standard InChI is InChI=1S/C14H19N5OS/c1-3-11(14-16-10-17-19(14)4-2)18-12(20)9-21-13-7-5-6-8-15-13/h5-8,10-11H,3-4,9H2,1-2H3,(H,18,20)/t11-/m1/s1. The number of thioether (sulfide) groups is 1. The van der Waals surface area contributed by atoms with E-state index in [0.29, 0.717) is 5.75 Å². The van der Waals surface area contributed by atoms with Gasteiger partial charge in [-0.05, 0) is 25.5 Å². The van der Waals surface area contributed by atoms with Gasteiger partial charge in [0.05, 0.1) is 16.8 Å². The molecule has 21 heavy (non-hydrogen) atoms. The van der Waals surface area contributed by atoms with Crippen LogP contribution in [0.5, 0.6) is 0 Å². The highest BCUT2D eigenvalue weighted by atomic mass is 32.2. The van der Waals surface area contributed by atoms with Gasteiger partial charge in [0.1, 0.15) is 12.2 Å². The van der Waals surface area contributed by atoms with Crippen molar-refractivity contribution >= 4 is 17.7 Å². The quantitative estimate of drug-likeness (QED) is 0.793. The lowest BCUT2D eigenvalue weighted by molar-refractivity contribution is -0.119. The van der Waals surface area contributed by atoms with Crippen LogP contribution in [0.3, 0.4) is 0 Å². The number of carbonyl (C=O) groups excluding carboxylic acids is 1. The Balaban J connectivity index is 1.91. The maximum absolute atomic E-state index is 12.1. The van der Waals surface area contributed by atoms with Crippen LogP contribution < -0.4 is 5.32 Å². The van der Waals surface area contributed by atoms with Crippen LogP contribution >= 0.6 is 11.8 Å². The molecule has 0 unspecified atom stereocenters.